The molecule has 0 saturated heterocycles. The van der Waals surface area contributed by atoms with Gasteiger partial charge in [-0.15, -0.1) is 0 Å². The Labute approximate surface area is 196 Å². The van der Waals surface area contributed by atoms with Crippen LogP contribution in [0.15, 0.2) is 95.9 Å². The van der Waals surface area contributed by atoms with Gasteiger partial charge in [0.2, 0.25) is 11.9 Å². The SMILES string of the molecule is Oc1ccc(Cc2nc(NCc3ccco3)nc(Nc3ccc(-c4ccncc4)cc3)n2)cc1. The molecule has 3 aromatic heterocycles. The van der Waals surface area contributed by atoms with Gasteiger partial charge in [0, 0.05) is 24.5 Å². The van der Waals surface area contributed by atoms with E-state index in [1.807, 2.05) is 60.7 Å². The van der Waals surface area contributed by atoms with Crippen LogP contribution in [0.3, 0.4) is 0 Å². The molecule has 168 valence electrons. The van der Waals surface area contributed by atoms with E-state index in [0.29, 0.717) is 30.7 Å². The molecule has 3 N–H and O–H groups in total. The number of hydrogen-bond donors (Lipinski definition) is 3. The second kappa shape index (κ2) is 9.83. The van der Waals surface area contributed by atoms with Crippen molar-refractivity contribution in [2.45, 2.75) is 13.0 Å². The van der Waals surface area contributed by atoms with Crippen molar-refractivity contribution in [3.8, 4) is 16.9 Å². The third kappa shape index (κ3) is 5.36. The fraction of sp³-hybridized carbons (Fsp3) is 0.0769. The molecule has 5 rings (SSSR count). The van der Waals surface area contributed by atoms with Gasteiger partial charge in [0.05, 0.1) is 12.8 Å². The second-order valence-electron chi connectivity index (χ2n) is 7.61. The molecule has 3 heterocycles. The van der Waals surface area contributed by atoms with Crippen molar-refractivity contribution in [1.82, 2.24) is 19.9 Å². The van der Waals surface area contributed by atoms with Crippen LogP contribution in [0.2, 0.25) is 0 Å². The highest BCUT2D eigenvalue weighted by atomic mass is 16.3. The molecule has 0 amide bonds. The van der Waals surface area contributed by atoms with E-state index in [2.05, 4.69) is 30.6 Å². The summed E-state index contributed by atoms with van der Waals surface area (Å²) >= 11 is 0. The standard InChI is InChI=1S/C26H22N6O2/c33-22-9-3-18(4-10-22)16-24-30-25(28-17-23-2-1-15-34-23)32-26(31-24)29-21-7-5-19(6-8-21)20-11-13-27-14-12-20/h1-15,33H,16-17H2,(H2,28,29,30,31,32). The third-order valence-corrected chi connectivity index (χ3v) is 5.14. The number of hydrogen-bond acceptors (Lipinski definition) is 8. The highest BCUT2D eigenvalue weighted by molar-refractivity contribution is 5.66. The number of furan rings is 1. The van der Waals surface area contributed by atoms with Crippen molar-refractivity contribution in [3.63, 3.8) is 0 Å². The molecular weight excluding hydrogens is 428 g/mol. The van der Waals surface area contributed by atoms with Crippen molar-refractivity contribution in [3.05, 3.63) is 109 Å². The van der Waals surface area contributed by atoms with Crippen LogP contribution in [0.1, 0.15) is 17.1 Å². The third-order valence-electron chi connectivity index (χ3n) is 5.14. The van der Waals surface area contributed by atoms with Crippen LogP contribution >= 0.6 is 0 Å². The first-order valence-electron chi connectivity index (χ1n) is 10.8. The van der Waals surface area contributed by atoms with Gasteiger partial charge in [-0.05, 0) is 65.2 Å². The van der Waals surface area contributed by atoms with Crippen LogP contribution in [-0.4, -0.2) is 25.0 Å². The molecule has 0 aliphatic carbocycles. The summed E-state index contributed by atoms with van der Waals surface area (Å²) < 4.78 is 5.39. The molecule has 0 bridgehead atoms. The zero-order valence-electron chi connectivity index (χ0n) is 18.2. The van der Waals surface area contributed by atoms with Gasteiger partial charge in [0.1, 0.15) is 17.3 Å². The lowest BCUT2D eigenvalue weighted by atomic mass is 10.1. The molecule has 0 aliphatic heterocycles. The van der Waals surface area contributed by atoms with E-state index >= 15 is 0 Å². The zero-order chi connectivity index (χ0) is 23.2. The summed E-state index contributed by atoms with van der Waals surface area (Å²) in [6, 6.07) is 22.7. The number of aromatic hydroxyl groups is 1. The summed E-state index contributed by atoms with van der Waals surface area (Å²) in [6.07, 6.45) is 5.68. The lowest BCUT2D eigenvalue weighted by Crippen LogP contribution is -2.10. The Morgan fingerprint density at radius 3 is 2.24 bits per heavy atom. The summed E-state index contributed by atoms with van der Waals surface area (Å²) in [6.45, 7) is 0.454. The average molecular weight is 451 g/mol. The average Bonchev–Trinajstić information content (AvgIpc) is 3.39. The van der Waals surface area contributed by atoms with Crippen molar-refractivity contribution in [1.29, 1.82) is 0 Å². The number of nitrogens with one attached hydrogen (secondary N) is 2. The molecule has 8 nitrogen and oxygen atoms in total. The quantitative estimate of drug-likeness (QED) is 0.297. The molecular formula is C26H22N6O2. The minimum Gasteiger partial charge on any atom is -0.508 e. The number of phenols is 1. The largest absolute Gasteiger partial charge is 0.508 e. The maximum atomic E-state index is 9.55. The number of rotatable bonds is 8. The zero-order valence-corrected chi connectivity index (χ0v) is 18.2. The van der Waals surface area contributed by atoms with Crippen LogP contribution in [-0.2, 0) is 13.0 Å². The second-order valence-corrected chi connectivity index (χ2v) is 7.61. The summed E-state index contributed by atoms with van der Waals surface area (Å²) in [5.74, 6) is 2.47. The summed E-state index contributed by atoms with van der Waals surface area (Å²) in [4.78, 5) is 17.8. The predicted molar refractivity (Wildman–Crippen MR) is 130 cm³/mol. The molecule has 0 atom stereocenters. The Bertz CT molecular complexity index is 1340. The number of pyridine rings is 1. The molecule has 2 aromatic carbocycles. The van der Waals surface area contributed by atoms with E-state index in [1.165, 1.54) is 0 Å². The normalized spacial score (nSPS) is 10.7. The monoisotopic (exact) mass is 450 g/mol. The van der Waals surface area contributed by atoms with Gasteiger partial charge in [-0.1, -0.05) is 24.3 Å². The van der Waals surface area contributed by atoms with Gasteiger partial charge < -0.3 is 20.2 Å². The minimum absolute atomic E-state index is 0.220. The van der Waals surface area contributed by atoms with Gasteiger partial charge >= 0.3 is 0 Å². The first kappa shape index (κ1) is 21.1. The maximum absolute atomic E-state index is 9.55. The molecule has 34 heavy (non-hydrogen) atoms. The van der Waals surface area contributed by atoms with E-state index in [9.17, 15) is 5.11 Å². The van der Waals surface area contributed by atoms with Gasteiger partial charge in [0.25, 0.3) is 0 Å². The topological polar surface area (TPSA) is 109 Å². The lowest BCUT2D eigenvalue weighted by molar-refractivity contribution is 0.475. The summed E-state index contributed by atoms with van der Waals surface area (Å²) in [7, 11) is 0. The fourth-order valence-corrected chi connectivity index (χ4v) is 3.43. The molecule has 0 aliphatic rings. The molecule has 5 aromatic rings. The first-order chi connectivity index (χ1) is 16.7. The highest BCUT2D eigenvalue weighted by Gasteiger charge is 2.09. The molecule has 0 spiro atoms. The Kier molecular flexibility index (Phi) is 6.11. The fourth-order valence-electron chi connectivity index (χ4n) is 3.43. The Balaban J connectivity index is 1.38. The van der Waals surface area contributed by atoms with Gasteiger partial charge in [-0.3, -0.25) is 4.98 Å². The number of anilines is 3. The Hall–Kier alpha value is -4.72. The maximum Gasteiger partial charge on any atom is 0.232 e. The molecule has 0 saturated carbocycles. The molecule has 0 radical (unpaired) electrons. The van der Waals surface area contributed by atoms with Crippen molar-refractivity contribution >= 4 is 17.6 Å². The minimum atomic E-state index is 0.220. The van der Waals surface area contributed by atoms with Crippen molar-refractivity contribution in [2.75, 3.05) is 10.6 Å². The Morgan fingerprint density at radius 2 is 1.50 bits per heavy atom. The smallest absolute Gasteiger partial charge is 0.232 e. The van der Waals surface area contributed by atoms with Crippen molar-refractivity contribution in [2.24, 2.45) is 0 Å². The number of benzene rings is 2. The van der Waals surface area contributed by atoms with E-state index in [4.69, 9.17) is 4.42 Å². The lowest BCUT2D eigenvalue weighted by Gasteiger charge is -2.11. The van der Waals surface area contributed by atoms with Crippen LogP contribution < -0.4 is 10.6 Å². The number of nitrogens with zero attached hydrogens (tertiary/aromatic N) is 4. The number of aromatic nitrogens is 4. The highest BCUT2D eigenvalue weighted by Crippen LogP contribution is 2.22. The van der Waals surface area contributed by atoms with Gasteiger partial charge in [-0.2, -0.15) is 15.0 Å². The van der Waals surface area contributed by atoms with E-state index in [0.717, 1.165) is 28.1 Å². The number of phenolic OH excluding ortho intramolecular Hbond substituents is 1. The summed E-state index contributed by atoms with van der Waals surface area (Å²) in [5.41, 5.74) is 4.03. The van der Waals surface area contributed by atoms with Crippen LogP contribution in [0, 0.1) is 0 Å². The molecule has 8 heteroatoms. The van der Waals surface area contributed by atoms with Gasteiger partial charge in [0.15, 0.2) is 0 Å². The van der Waals surface area contributed by atoms with Crippen LogP contribution in [0.4, 0.5) is 17.6 Å². The Morgan fingerprint density at radius 1 is 0.765 bits per heavy atom. The van der Waals surface area contributed by atoms with Crippen LogP contribution in [0.5, 0.6) is 5.75 Å². The molecule has 0 unspecified atom stereocenters. The molecule has 0 fully saturated rings. The van der Waals surface area contributed by atoms with E-state index in [-0.39, 0.29) is 5.75 Å². The first-order valence-corrected chi connectivity index (χ1v) is 10.8. The van der Waals surface area contributed by atoms with E-state index in [1.54, 1.807) is 30.8 Å². The predicted octanol–water partition coefficient (Wildman–Crippen LogP) is 5.18. The van der Waals surface area contributed by atoms with Crippen LogP contribution in [0.25, 0.3) is 11.1 Å². The van der Waals surface area contributed by atoms with Crippen molar-refractivity contribution < 1.29 is 9.52 Å². The van der Waals surface area contributed by atoms with E-state index < -0.39 is 0 Å². The van der Waals surface area contributed by atoms with Gasteiger partial charge in [-0.25, -0.2) is 0 Å². The summed E-state index contributed by atoms with van der Waals surface area (Å²) in [5, 5.41) is 16.0.